The number of rotatable bonds is 4. The molecule has 0 N–H and O–H groups in total. The zero-order chi connectivity index (χ0) is 19.6. The van der Waals surface area contributed by atoms with Crippen molar-refractivity contribution < 1.29 is 18.7 Å². The van der Waals surface area contributed by atoms with Gasteiger partial charge in [0.05, 0.1) is 5.41 Å². The predicted octanol–water partition coefficient (Wildman–Crippen LogP) is 4.16. The van der Waals surface area contributed by atoms with Gasteiger partial charge in [0, 0.05) is 17.8 Å². The second-order valence-electron chi connectivity index (χ2n) is 7.62. The highest BCUT2D eigenvalue weighted by molar-refractivity contribution is 5.97. The van der Waals surface area contributed by atoms with Crippen LogP contribution in [0.3, 0.4) is 0 Å². The third-order valence-corrected chi connectivity index (χ3v) is 5.98. The Bertz CT molecular complexity index is 889. The standard InChI is InChI=1S/C23H24FNO3/c24-19-11-3-2-10-18(19)23(13-5-6-14-23)22(27)28-16-21(26)25-15-7-9-17-8-1-4-12-20(17)25/h1-4,8,10-12H,5-7,9,13-16H2. The number of carbonyl (C=O) groups is 2. The van der Waals surface area contributed by atoms with Crippen LogP contribution in [0.2, 0.25) is 0 Å². The van der Waals surface area contributed by atoms with E-state index in [1.807, 2.05) is 24.3 Å². The van der Waals surface area contributed by atoms with Crippen LogP contribution >= 0.6 is 0 Å². The van der Waals surface area contributed by atoms with Gasteiger partial charge in [-0.25, -0.2) is 4.39 Å². The second-order valence-corrected chi connectivity index (χ2v) is 7.62. The summed E-state index contributed by atoms with van der Waals surface area (Å²) in [6, 6.07) is 14.2. The maximum atomic E-state index is 14.4. The number of ether oxygens (including phenoxy) is 1. The Balaban J connectivity index is 1.49. The highest BCUT2D eigenvalue weighted by atomic mass is 19.1. The van der Waals surface area contributed by atoms with E-state index in [1.54, 1.807) is 23.1 Å². The van der Waals surface area contributed by atoms with Crippen LogP contribution in [0.25, 0.3) is 0 Å². The fraction of sp³-hybridized carbons (Fsp3) is 0.391. The Hall–Kier alpha value is -2.69. The molecule has 0 saturated heterocycles. The van der Waals surface area contributed by atoms with Crippen LogP contribution in [0.5, 0.6) is 0 Å². The van der Waals surface area contributed by atoms with Crippen molar-refractivity contribution in [2.45, 2.75) is 43.9 Å². The van der Waals surface area contributed by atoms with Crippen LogP contribution in [0, 0.1) is 5.82 Å². The molecule has 0 unspecified atom stereocenters. The van der Waals surface area contributed by atoms with E-state index in [4.69, 9.17) is 4.74 Å². The Morgan fingerprint density at radius 2 is 1.71 bits per heavy atom. The minimum absolute atomic E-state index is 0.234. The first-order chi connectivity index (χ1) is 13.6. The van der Waals surface area contributed by atoms with Crippen molar-refractivity contribution in [1.82, 2.24) is 0 Å². The Morgan fingerprint density at radius 3 is 2.50 bits per heavy atom. The quantitative estimate of drug-likeness (QED) is 0.747. The van der Waals surface area contributed by atoms with Gasteiger partial charge in [-0.15, -0.1) is 0 Å². The smallest absolute Gasteiger partial charge is 0.317 e. The molecule has 0 spiro atoms. The van der Waals surface area contributed by atoms with Crippen LogP contribution in [0.1, 0.15) is 43.2 Å². The molecule has 1 fully saturated rings. The first kappa shape index (κ1) is 18.7. The summed E-state index contributed by atoms with van der Waals surface area (Å²) in [6.45, 7) is 0.301. The summed E-state index contributed by atoms with van der Waals surface area (Å²) in [6.07, 6.45) is 4.61. The predicted molar refractivity (Wildman–Crippen MR) is 105 cm³/mol. The van der Waals surface area contributed by atoms with E-state index in [2.05, 4.69) is 0 Å². The van der Waals surface area contributed by atoms with Gasteiger partial charge in [0.1, 0.15) is 5.82 Å². The Kier molecular flexibility index (Phi) is 5.16. The second kappa shape index (κ2) is 7.74. The van der Waals surface area contributed by atoms with Gasteiger partial charge < -0.3 is 9.64 Å². The molecule has 4 nitrogen and oxygen atoms in total. The lowest BCUT2D eigenvalue weighted by atomic mass is 9.78. The average Bonchev–Trinajstić information content (AvgIpc) is 3.22. The van der Waals surface area contributed by atoms with Crippen LogP contribution in [-0.4, -0.2) is 25.0 Å². The first-order valence-electron chi connectivity index (χ1n) is 9.92. The number of carbonyl (C=O) groups excluding carboxylic acids is 2. The minimum Gasteiger partial charge on any atom is -0.455 e. The Morgan fingerprint density at radius 1 is 1.00 bits per heavy atom. The molecule has 0 bridgehead atoms. The third-order valence-electron chi connectivity index (χ3n) is 5.98. The van der Waals surface area contributed by atoms with Crippen molar-refractivity contribution in [2.75, 3.05) is 18.1 Å². The molecule has 146 valence electrons. The van der Waals surface area contributed by atoms with Crippen LogP contribution in [0.4, 0.5) is 10.1 Å². The van der Waals surface area contributed by atoms with Gasteiger partial charge in [0.2, 0.25) is 0 Å². The normalized spacial score (nSPS) is 17.8. The summed E-state index contributed by atoms with van der Waals surface area (Å²) in [5, 5.41) is 0. The van der Waals surface area contributed by atoms with Crippen molar-refractivity contribution in [3.8, 4) is 0 Å². The van der Waals surface area contributed by atoms with E-state index in [9.17, 15) is 14.0 Å². The largest absolute Gasteiger partial charge is 0.455 e. The summed E-state index contributed by atoms with van der Waals surface area (Å²) in [4.78, 5) is 27.4. The molecule has 0 atom stereocenters. The van der Waals surface area contributed by atoms with E-state index >= 15 is 0 Å². The lowest BCUT2D eigenvalue weighted by molar-refractivity contribution is -0.154. The molecule has 0 radical (unpaired) electrons. The van der Waals surface area contributed by atoms with Gasteiger partial charge in [-0.1, -0.05) is 49.2 Å². The number of esters is 1. The molecule has 2 aromatic rings. The molecule has 2 aliphatic rings. The molecule has 1 amide bonds. The van der Waals surface area contributed by atoms with Crippen LogP contribution in [0.15, 0.2) is 48.5 Å². The van der Waals surface area contributed by atoms with Gasteiger partial charge in [-0.2, -0.15) is 0 Å². The number of halogens is 1. The zero-order valence-electron chi connectivity index (χ0n) is 15.8. The van der Waals surface area contributed by atoms with E-state index in [-0.39, 0.29) is 12.5 Å². The topological polar surface area (TPSA) is 46.6 Å². The maximum Gasteiger partial charge on any atom is 0.317 e. The van der Waals surface area contributed by atoms with E-state index < -0.39 is 17.2 Å². The van der Waals surface area contributed by atoms with Crippen molar-refractivity contribution in [3.05, 3.63) is 65.5 Å². The number of fused-ring (bicyclic) bond motifs is 1. The molecular weight excluding hydrogens is 357 g/mol. The monoisotopic (exact) mass is 381 g/mol. The van der Waals surface area contributed by atoms with Crippen molar-refractivity contribution in [1.29, 1.82) is 0 Å². The Labute approximate surface area is 164 Å². The molecule has 1 saturated carbocycles. The molecule has 1 heterocycles. The van der Waals surface area contributed by atoms with Gasteiger partial charge in [0.25, 0.3) is 5.91 Å². The molecular formula is C23H24FNO3. The summed E-state index contributed by atoms with van der Waals surface area (Å²) < 4.78 is 19.9. The van der Waals surface area contributed by atoms with Gasteiger partial charge >= 0.3 is 5.97 Å². The minimum atomic E-state index is -0.981. The van der Waals surface area contributed by atoms with Crippen molar-refractivity contribution in [3.63, 3.8) is 0 Å². The molecule has 1 aliphatic heterocycles. The summed E-state index contributed by atoms with van der Waals surface area (Å²) in [5.74, 6) is -1.12. The van der Waals surface area contributed by atoms with E-state index in [0.29, 0.717) is 24.9 Å². The van der Waals surface area contributed by atoms with Gasteiger partial charge in [-0.3, -0.25) is 9.59 Å². The first-order valence-corrected chi connectivity index (χ1v) is 9.92. The highest BCUT2D eigenvalue weighted by Gasteiger charge is 2.46. The average molecular weight is 381 g/mol. The molecule has 0 aromatic heterocycles. The molecule has 4 rings (SSSR count). The van der Waals surface area contributed by atoms with E-state index in [0.717, 1.165) is 36.9 Å². The lowest BCUT2D eigenvalue weighted by Crippen LogP contribution is -2.41. The number of nitrogens with zero attached hydrogens (tertiary/aromatic N) is 1. The number of hydrogen-bond acceptors (Lipinski definition) is 3. The third kappa shape index (κ3) is 3.30. The molecule has 2 aromatic carbocycles. The van der Waals surface area contributed by atoms with Crippen LogP contribution in [-0.2, 0) is 26.2 Å². The maximum absolute atomic E-state index is 14.4. The molecule has 1 aliphatic carbocycles. The summed E-state index contributed by atoms with van der Waals surface area (Å²) >= 11 is 0. The number of anilines is 1. The summed E-state index contributed by atoms with van der Waals surface area (Å²) in [5.41, 5.74) is 1.42. The van der Waals surface area contributed by atoms with E-state index in [1.165, 1.54) is 6.07 Å². The zero-order valence-corrected chi connectivity index (χ0v) is 15.8. The SMILES string of the molecule is O=C(COC(=O)C1(c2ccccc2F)CCCC1)N1CCCc2ccccc21. The highest BCUT2D eigenvalue weighted by Crippen LogP contribution is 2.43. The van der Waals surface area contributed by atoms with Gasteiger partial charge in [0.15, 0.2) is 6.61 Å². The number of hydrogen-bond donors (Lipinski definition) is 0. The van der Waals surface area contributed by atoms with Crippen molar-refractivity contribution in [2.24, 2.45) is 0 Å². The fourth-order valence-electron chi connectivity index (χ4n) is 4.55. The van der Waals surface area contributed by atoms with Crippen LogP contribution < -0.4 is 4.90 Å². The number of aryl methyl sites for hydroxylation is 1. The lowest BCUT2D eigenvalue weighted by Gasteiger charge is -2.31. The number of amides is 1. The summed E-state index contributed by atoms with van der Waals surface area (Å²) in [7, 11) is 0. The fourth-order valence-corrected chi connectivity index (χ4v) is 4.55. The number of benzene rings is 2. The number of para-hydroxylation sites is 1. The molecule has 28 heavy (non-hydrogen) atoms. The van der Waals surface area contributed by atoms with Crippen molar-refractivity contribution >= 4 is 17.6 Å². The van der Waals surface area contributed by atoms with Gasteiger partial charge in [-0.05, 0) is 43.4 Å². The molecule has 5 heteroatoms.